The number of hydrogen-bond acceptors (Lipinski definition) is 4. The van der Waals surface area contributed by atoms with Gasteiger partial charge in [0.15, 0.2) is 0 Å². The van der Waals surface area contributed by atoms with Crippen molar-refractivity contribution in [2.24, 2.45) is 5.10 Å². The van der Waals surface area contributed by atoms with E-state index in [1.165, 1.54) is 0 Å². The molecule has 0 radical (unpaired) electrons. The summed E-state index contributed by atoms with van der Waals surface area (Å²) in [4.78, 5) is 14.0. The maximum absolute atomic E-state index is 12.0. The molecule has 0 atom stereocenters. The number of hydrogen-bond donors (Lipinski definition) is 2. The summed E-state index contributed by atoms with van der Waals surface area (Å²) in [6.45, 7) is 1.77. The number of nitrogens with one attached hydrogen (secondary N) is 1. The Balaban J connectivity index is 2.07. The molecule has 0 saturated heterocycles. The van der Waals surface area contributed by atoms with Gasteiger partial charge in [0, 0.05) is 30.9 Å². The second kappa shape index (κ2) is 6.76. The van der Waals surface area contributed by atoms with Crippen molar-refractivity contribution in [2.45, 2.75) is 6.92 Å². The van der Waals surface area contributed by atoms with Crippen LogP contribution in [0.1, 0.15) is 22.8 Å². The van der Waals surface area contributed by atoms with Gasteiger partial charge in [0.1, 0.15) is 5.75 Å². The molecule has 0 heterocycles. The van der Waals surface area contributed by atoms with Crippen molar-refractivity contribution in [1.29, 1.82) is 0 Å². The molecule has 0 aromatic heterocycles. The van der Waals surface area contributed by atoms with Crippen LogP contribution in [0.4, 0.5) is 5.69 Å². The second-order valence-electron chi connectivity index (χ2n) is 5.13. The zero-order valence-electron chi connectivity index (χ0n) is 12.9. The van der Waals surface area contributed by atoms with Crippen LogP contribution in [-0.4, -0.2) is 30.8 Å². The van der Waals surface area contributed by atoms with Crippen molar-refractivity contribution in [1.82, 2.24) is 5.43 Å². The zero-order chi connectivity index (χ0) is 16.1. The molecule has 5 heteroatoms. The summed E-state index contributed by atoms with van der Waals surface area (Å²) in [5, 5.41) is 13.5. The number of amides is 1. The average Bonchev–Trinajstić information content (AvgIpc) is 2.52. The molecular formula is C17H19N3O2. The van der Waals surface area contributed by atoms with Crippen LogP contribution in [0.3, 0.4) is 0 Å². The molecule has 1 amide bonds. The van der Waals surface area contributed by atoms with Crippen LogP contribution in [0.25, 0.3) is 0 Å². The molecule has 2 rings (SSSR count). The van der Waals surface area contributed by atoms with E-state index in [9.17, 15) is 9.90 Å². The molecule has 0 unspecified atom stereocenters. The Kier molecular flexibility index (Phi) is 4.78. The van der Waals surface area contributed by atoms with Crippen LogP contribution in [0, 0.1) is 0 Å². The fraction of sp³-hybridized carbons (Fsp3) is 0.176. The summed E-state index contributed by atoms with van der Waals surface area (Å²) in [6.07, 6.45) is 0. The molecule has 0 saturated carbocycles. The Morgan fingerprint density at radius 2 is 1.77 bits per heavy atom. The number of hydrazone groups is 1. The van der Waals surface area contributed by atoms with Crippen molar-refractivity contribution < 1.29 is 9.90 Å². The Morgan fingerprint density at radius 1 is 1.09 bits per heavy atom. The molecule has 2 aromatic carbocycles. The number of rotatable bonds is 4. The third-order valence-corrected chi connectivity index (χ3v) is 3.23. The predicted molar refractivity (Wildman–Crippen MR) is 88.6 cm³/mol. The zero-order valence-corrected chi connectivity index (χ0v) is 12.9. The minimum absolute atomic E-state index is 0.164. The first-order valence-electron chi connectivity index (χ1n) is 6.89. The van der Waals surface area contributed by atoms with Crippen molar-refractivity contribution in [3.63, 3.8) is 0 Å². The number of benzene rings is 2. The van der Waals surface area contributed by atoms with Crippen molar-refractivity contribution in [2.75, 3.05) is 19.0 Å². The van der Waals surface area contributed by atoms with E-state index >= 15 is 0 Å². The SMILES string of the molecule is C/C(=N\NC(=O)c1ccc(N(C)C)cc1)c1cccc(O)c1. The molecule has 0 fully saturated rings. The molecular weight excluding hydrogens is 278 g/mol. The van der Waals surface area contributed by atoms with Crippen molar-refractivity contribution in [3.05, 3.63) is 59.7 Å². The van der Waals surface area contributed by atoms with Crippen LogP contribution in [0.5, 0.6) is 5.75 Å². The smallest absolute Gasteiger partial charge is 0.271 e. The van der Waals surface area contributed by atoms with E-state index in [1.807, 2.05) is 37.2 Å². The Bertz CT molecular complexity index is 691. The fourth-order valence-corrected chi connectivity index (χ4v) is 1.91. The molecule has 0 aliphatic rings. The monoisotopic (exact) mass is 297 g/mol. The lowest BCUT2D eigenvalue weighted by molar-refractivity contribution is 0.0955. The molecule has 22 heavy (non-hydrogen) atoms. The van der Waals surface area contributed by atoms with E-state index in [0.717, 1.165) is 11.3 Å². The van der Waals surface area contributed by atoms with Gasteiger partial charge >= 0.3 is 0 Å². The quantitative estimate of drug-likeness (QED) is 0.673. The topological polar surface area (TPSA) is 64.9 Å². The first kappa shape index (κ1) is 15.6. The second-order valence-corrected chi connectivity index (χ2v) is 5.13. The number of carbonyl (C=O) groups excluding carboxylic acids is 1. The number of nitrogens with zero attached hydrogens (tertiary/aromatic N) is 2. The van der Waals surface area contributed by atoms with Gasteiger partial charge in [-0.05, 0) is 43.3 Å². The largest absolute Gasteiger partial charge is 0.508 e. The highest BCUT2D eigenvalue weighted by molar-refractivity contribution is 6.01. The van der Waals surface area contributed by atoms with Crippen LogP contribution in [-0.2, 0) is 0 Å². The molecule has 0 aliphatic carbocycles. The first-order chi connectivity index (χ1) is 10.5. The normalized spacial score (nSPS) is 11.1. The van der Waals surface area contributed by atoms with E-state index in [1.54, 1.807) is 37.3 Å². The first-order valence-corrected chi connectivity index (χ1v) is 6.89. The highest BCUT2D eigenvalue weighted by atomic mass is 16.3. The van der Waals surface area contributed by atoms with E-state index in [2.05, 4.69) is 10.5 Å². The van der Waals surface area contributed by atoms with Crippen molar-refractivity contribution >= 4 is 17.3 Å². The van der Waals surface area contributed by atoms with Gasteiger partial charge in [-0.15, -0.1) is 0 Å². The maximum atomic E-state index is 12.0. The highest BCUT2D eigenvalue weighted by Crippen LogP contribution is 2.13. The maximum Gasteiger partial charge on any atom is 0.271 e. The lowest BCUT2D eigenvalue weighted by Gasteiger charge is -2.12. The lowest BCUT2D eigenvalue weighted by Crippen LogP contribution is -2.19. The molecule has 2 aromatic rings. The Hall–Kier alpha value is -2.82. The Labute approximate surface area is 129 Å². The van der Waals surface area contributed by atoms with Crippen LogP contribution >= 0.6 is 0 Å². The van der Waals surface area contributed by atoms with Gasteiger partial charge in [-0.2, -0.15) is 5.10 Å². The van der Waals surface area contributed by atoms with Crippen molar-refractivity contribution in [3.8, 4) is 5.75 Å². The lowest BCUT2D eigenvalue weighted by atomic mass is 10.1. The van der Waals surface area contributed by atoms with Crippen LogP contribution < -0.4 is 10.3 Å². The number of phenolic OH excluding ortho intramolecular Hbond substituents is 1. The van der Waals surface area contributed by atoms with Gasteiger partial charge in [0.2, 0.25) is 0 Å². The standard InChI is InChI=1S/C17H19N3O2/c1-12(14-5-4-6-16(21)11-14)18-19-17(22)13-7-9-15(10-8-13)20(2)3/h4-11,21H,1-3H3,(H,19,22)/b18-12+. The summed E-state index contributed by atoms with van der Waals surface area (Å²) in [6, 6.07) is 14.0. The molecule has 2 N–H and O–H groups in total. The molecule has 0 spiro atoms. The minimum atomic E-state index is -0.273. The van der Waals surface area contributed by atoms with Gasteiger partial charge < -0.3 is 10.0 Å². The summed E-state index contributed by atoms with van der Waals surface area (Å²) < 4.78 is 0. The highest BCUT2D eigenvalue weighted by Gasteiger charge is 2.06. The van der Waals surface area contributed by atoms with Crippen LogP contribution in [0.2, 0.25) is 0 Å². The van der Waals surface area contributed by atoms with Crippen LogP contribution in [0.15, 0.2) is 53.6 Å². The van der Waals surface area contributed by atoms with E-state index in [0.29, 0.717) is 11.3 Å². The molecule has 0 aliphatic heterocycles. The van der Waals surface area contributed by atoms with Gasteiger partial charge in [0.25, 0.3) is 5.91 Å². The summed E-state index contributed by atoms with van der Waals surface area (Å²) in [5.74, 6) is -0.109. The average molecular weight is 297 g/mol. The third kappa shape index (κ3) is 3.85. The summed E-state index contributed by atoms with van der Waals surface area (Å²) in [5.41, 5.74) is 5.46. The van der Waals surface area contributed by atoms with E-state index in [4.69, 9.17) is 0 Å². The van der Waals surface area contributed by atoms with E-state index in [-0.39, 0.29) is 11.7 Å². The molecule has 114 valence electrons. The summed E-state index contributed by atoms with van der Waals surface area (Å²) in [7, 11) is 3.88. The molecule has 5 nitrogen and oxygen atoms in total. The number of aromatic hydroxyl groups is 1. The van der Waals surface area contributed by atoms with Gasteiger partial charge in [-0.3, -0.25) is 4.79 Å². The van der Waals surface area contributed by atoms with Gasteiger partial charge in [-0.25, -0.2) is 5.43 Å². The molecule has 0 bridgehead atoms. The summed E-state index contributed by atoms with van der Waals surface area (Å²) >= 11 is 0. The van der Waals surface area contributed by atoms with Gasteiger partial charge in [0.05, 0.1) is 5.71 Å². The number of carbonyl (C=O) groups is 1. The predicted octanol–water partition coefficient (Wildman–Crippen LogP) is 2.61. The minimum Gasteiger partial charge on any atom is -0.508 e. The van der Waals surface area contributed by atoms with E-state index < -0.39 is 0 Å². The van der Waals surface area contributed by atoms with Gasteiger partial charge in [-0.1, -0.05) is 12.1 Å². The fourth-order valence-electron chi connectivity index (χ4n) is 1.91. The number of phenols is 1. The third-order valence-electron chi connectivity index (χ3n) is 3.23. The Morgan fingerprint density at radius 3 is 2.36 bits per heavy atom. The number of anilines is 1.